The van der Waals surface area contributed by atoms with E-state index in [0.29, 0.717) is 39.1 Å². The smallest absolute Gasteiger partial charge is 0.267 e. The summed E-state index contributed by atoms with van der Waals surface area (Å²) in [6.45, 7) is 2.74. The van der Waals surface area contributed by atoms with Crippen LogP contribution in [-0.4, -0.2) is 40.0 Å². The Labute approximate surface area is 190 Å². The van der Waals surface area contributed by atoms with Gasteiger partial charge in [0.2, 0.25) is 5.91 Å². The summed E-state index contributed by atoms with van der Waals surface area (Å²) in [5.41, 5.74) is 2.57. The van der Waals surface area contributed by atoms with Gasteiger partial charge in [0.25, 0.3) is 11.8 Å². The van der Waals surface area contributed by atoms with Gasteiger partial charge < -0.3 is 5.32 Å². The molecule has 158 valence electrons. The van der Waals surface area contributed by atoms with Crippen LogP contribution < -0.4 is 10.2 Å². The summed E-state index contributed by atoms with van der Waals surface area (Å²) in [7, 11) is 0. The molecule has 2 aromatic carbocycles. The predicted octanol–water partition coefficient (Wildman–Crippen LogP) is 3.33. The molecule has 31 heavy (non-hydrogen) atoms. The lowest BCUT2D eigenvalue weighted by Gasteiger charge is -2.16. The third kappa shape index (κ3) is 4.13. The van der Waals surface area contributed by atoms with Crippen molar-refractivity contribution in [1.29, 1.82) is 0 Å². The number of rotatable bonds is 6. The van der Waals surface area contributed by atoms with Crippen LogP contribution in [0.1, 0.15) is 24.5 Å². The van der Waals surface area contributed by atoms with E-state index in [1.54, 1.807) is 12.1 Å². The quantitative estimate of drug-likeness (QED) is 0.539. The van der Waals surface area contributed by atoms with Crippen molar-refractivity contribution in [3.63, 3.8) is 0 Å². The van der Waals surface area contributed by atoms with Gasteiger partial charge in [0.15, 0.2) is 0 Å². The number of fused-ring (bicyclic) bond motifs is 1. The highest BCUT2D eigenvalue weighted by atomic mass is 32.2. The van der Waals surface area contributed by atoms with Crippen molar-refractivity contribution in [2.24, 2.45) is 0 Å². The largest absolute Gasteiger partial charge is 0.350 e. The van der Waals surface area contributed by atoms with E-state index in [4.69, 9.17) is 12.2 Å². The number of thiocarbonyl (C=S) groups is 1. The number of para-hydroxylation sites is 1. The van der Waals surface area contributed by atoms with Gasteiger partial charge in [0.05, 0.1) is 16.2 Å². The number of benzene rings is 2. The molecule has 1 N–H and O–H groups in total. The minimum absolute atomic E-state index is 0.124. The molecule has 1 saturated heterocycles. The molecule has 0 spiro atoms. The number of anilines is 1. The highest BCUT2D eigenvalue weighted by molar-refractivity contribution is 8.26. The number of carbonyl (C=O) groups is 3. The van der Waals surface area contributed by atoms with E-state index in [-0.39, 0.29) is 24.3 Å². The number of hydrogen-bond donors (Lipinski definition) is 1. The van der Waals surface area contributed by atoms with Gasteiger partial charge in [0, 0.05) is 18.7 Å². The van der Waals surface area contributed by atoms with Crippen LogP contribution in [0.2, 0.25) is 0 Å². The van der Waals surface area contributed by atoms with Crippen LogP contribution >= 0.6 is 24.0 Å². The summed E-state index contributed by atoms with van der Waals surface area (Å²) in [5.74, 6) is -0.870. The van der Waals surface area contributed by atoms with Crippen LogP contribution in [0.3, 0.4) is 0 Å². The molecule has 1 fully saturated rings. The number of nitrogens with zero attached hydrogens (tertiary/aromatic N) is 2. The Morgan fingerprint density at radius 3 is 2.45 bits per heavy atom. The molecule has 0 saturated carbocycles. The van der Waals surface area contributed by atoms with E-state index >= 15 is 0 Å². The highest BCUT2D eigenvalue weighted by Crippen LogP contribution is 2.44. The predicted molar refractivity (Wildman–Crippen MR) is 126 cm³/mol. The fraction of sp³-hybridized carbons (Fsp3) is 0.217. The zero-order chi connectivity index (χ0) is 22.0. The Hall–Kier alpha value is -2.97. The molecule has 3 amide bonds. The van der Waals surface area contributed by atoms with Crippen molar-refractivity contribution in [2.75, 3.05) is 18.0 Å². The Kier molecular flexibility index (Phi) is 6.20. The van der Waals surface area contributed by atoms with Crippen LogP contribution in [0.5, 0.6) is 0 Å². The van der Waals surface area contributed by atoms with E-state index < -0.39 is 0 Å². The summed E-state index contributed by atoms with van der Waals surface area (Å²) in [4.78, 5) is 42.2. The van der Waals surface area contributed by atoms with E-state index in [1.807, 2.05) is 49.4 Å². The van der Waals surface area contributed by atoms with Crippen molar-refractivity contribution in [3.05, 3.63) is 70.6 Å². The first-order valence-corrected chi connectivity index (χ1v) is 11.2. The molecule has 0 radical (unpaired) electrons. The molecule has 2 aliphatic heterocycles. The molecule has 2 aromatic rings. The number of thioether (sulfide) groups is 1. The van der Waals surface area contributed by atoms with Crippen molar-refractivity contribution >= 4 is 57.3 Å². The lowest BCUT2D eigenvalue weighted by atomic mass is 10.1. The van der Waals surface area contributed by atoms with Gasteiger partial charge in [0.1, 0.15) is 10.9 Å². The van der Waals surface area contributed by atoms with Gasteiger partial charge >= 0.3 is 0 Å². The Morgan fingerprint density at radius 2 is 1.71 bits per heavy atom. The number of hydrogen-bond acceptors (Lipinski definition) is 5. The SMILES string of the molecule is CCCN1C(=O)C(=C2C(=O)N(CC(=O)NCc3ccccc3)c3ccccc32)SC1=S. The van der Waals surface area contributed by atoms with Crippen LogP contribution in [0.15, 0.2) is 59.5 Å². The molecule has 0 aromatic heterocycles. The minimum atomic E-state index is -0.354. The van der Waals surface area contributed by atoms with Crippen molar-refractivity contribution < 1.29 is 14.4 Å². The van der Waals surface area contributed by atoms with Crippen LogP contribution in [0.25, 0.3) is 5.57 Å². The second-order valence-corrected chi connectivity index (χ2v) is 8.84. The Bertz CT molecular complexity index is 1100. The van der Waals surface area contributed by atoms with Gasteiger partial charge in [-0.15, -0.1) is 0 Å². The molecule has 0 aliphatic carbocycles. The Morgan fingerprint density at radius 1 is 1.00 bits per heavy atom. The first kappa shape index (κ1) is 21.3. The molecule has 4 rings (SSSR count). The van der Waals surface area contributed by atoms with Crippen LogP contribution in [-0.2, 0) is 20.9 Å². The van der Waals surface area contributed by atoms with Crippen molar-refractivity contribution in [1.82, 2.24) is 10.2 Å². The maximum Gasteiger partial charge on any atom is 0.267 e. The van der Waals surface area contributed by atoms with E-state index in [2.05, 4.69) is 5.32 Å². The van der Waals surface area contributed by atoms with Crippen molar-refractivity contribution in [2.45, 2.75) is 19.9 Å². The summed E-state index contributed by atoms with van der Waals surface area (Å²) < 4.78 is 0.457. The summed E-state index contributed by atoms with van der Waals surface area (Å²) in [6.07, 6.45) is 0.771. The number of nitrogens with one attached hydrogen (secondary N) is 1. The third-order valence-corrected chi connectivity index (χ3v) is 6.53. The average molecular weight is 452 g/mol. The molecule has 8 heteroatoms. The van der Waals surface area contributed by atoms with E-state index in [0.717, 1.165) is 23.7 Å². The first-order valence-electron chi connectivity index (χ1n) is 10.0. The van der Waals surface area contributed by atoms with Crippen molar-refractivity contribution in [3.8, 4) is 0 Å². The molecular formula is C23H21N3O3S2. The zero-order valence-corrected chi connectivity index (χ0v) is 18.6. The summed E-state index contributed by atoms with van der Waals surface area (Å²) in [6, 6.07) is 16.8. The molecule has 6 nitrogen and oxygen atoms in total. The Balaban J connectivity index is 1.59. The molecule has 2 heterocycles. The van der Waals surface area contributed by atoms with Gasteiger partial charge in [-0.2, -0.15) is 0 Å². The summed E-state index contributed by atoms with van der Waals surface area (Å²) >= 11 is 6.51. The van der Waals surface area contributed by atoms with Gasteiger partial charge in [-0.25, -0.2) is 0 Å². The topological polar surface area (TPSA) is 69.7 Å². The lowest BCUT2D eigenvalue weighted by Crippen LogP contribution is -2.38. The van der Waals surface area contributed by atoms with Gasteiger partial charge in [-0.05, 0) is 18.1 Å². The van der Waals surface area contributed by atoms with Gasteiger partial charge in [-0.1, -0.05) is 79.4 Å². The van der Waals surface area contributed by atoms with Crippen LogP contribution in [0, 0.1) is 0 Å². The van der Waals surface area contributed by atoms with Gasteiger partial charge in [-0.3, -0.25) is 24.2 Å². The standard InChI is InChI=1S/C23H21N3O3S2/c1-2-12-25-22(29)20(31-23(25)30)19-16-10-6-7-11-17(16)26(21(19)28)14-18(27)24-13-15-8-4-3-5-9-15/h3-11H,2,12-14H2,1H3,(H,24,27). The normalized spacial score (nSPS) is 18.0. The summed E-state index contributed by atoms with van der Waals surface area (Å²) in [5, 5.41) is 2.85. The first-order chi connectivity index (χ1) is 15.0. The third-order valence-electron chi connectivity index (χ3n) is 5.08. The van der Waals surface area contributed by atoms with E-state index in [9.17, 15) is 14.4 Å². The maximum atomic E-state index is 13.3. The van der Waals surface area contributed by atoms with E-state index in [1.165, 1.54) is 9.80 Å². The molecule has 0 unspecified atom stereocenters. The number of amides is 3. The fourth-order valence-electron chi connectivity index (χ4n) is 3.62. The fourth-order valence-corrected chi connectivity index (χ4v) is 5.00. The molecule has 0 atom stereocenters. The second kappa shape index (κ2) is 9.03. The minimum Gasteiger partial charge on any atom is -0.350 e. The van der Waals surface area contributed by atoms with Crippen LogP contribution in [0.4, 0.5) is 5.69 Å². The zero-order valence-electron chi connectivity index (χ0n) is 17.0. The second-order valence-electron chi connectivity index (χ2n) is 7.20. The number of carbonyl (C=O) groups excluding carboxylic acids is 3. The maximum absolute atomic E-state index is 13.3. The molecule has 0 bridgehead atoms. The molecular weight excluding hydrogens is 430 g/mol. The molecule has 2 aliphatic rings. The highest BCUT2D eigenvalue weighted by Gasteiger charge is 2.42. The monoisotopic (exact) mass is 451 g/mol. The average Bonchev–Trinajstić information content (AvgIpc) is 3.21. The lowest BCUT2D eigenvalue weighted by molar-refractivity contribution is -0.122.